The van der Waals surface area contributed by atoms with Gasteiger partial charge in [0.15, 0.2) is 0 Å². The second-order valence-corrected chi connectivity index (χ2v) is 4.95. The number of aromatic nitrogens is 2. The van der Waals surface area contributed by atoms with Gasteiger partial charge in [-0.2, -0.15) is 0 Å². The Labute approximate surface area is 112 Å². The molecule has 1 aromatic heterocycles. The van der Waals surface area contributed by atoms with Crippen LogP contribution in [0.25, 0.3) is 0 Å². The van der Waals surface area contributed by atoms with E-state index in [-0.39, 0.29) is 0 Å². The van der Waals surface area contributed by atoms with Crippen molar-refractivity contribution in [2.24, 2.45) is 0 Å². The largest absolute Gasteiger partial charge is 0.497 e. The predicted molar refractivity (Wildman–Crippen MR) is 72.2 cm³/mol. The van der Waals surface area contributed by atoms with Gasteiger partial charge in [-0.25, -0.2) is 4.98 Å². The molecule has 2 aromatic rings. The third-order valence-electron chi connectivity index (χ3n) is 3.59. The highest BCUT2D eigenvalue weighted by atomic mass is 16.5. The summed E-state index contributed by atoms with van der Waals surface area (Å²) in [4.78, 5) is 4.61. The molecule has 4 nitrogen and oxygen atoms in total. The molecule has 4 heteroatoms. The van der Waals surface area contributed by atoms with Crippen LogP contribution in [-0.2, 0) is 12.8 Å². The third kappa shape index (κ3) is 2.49. The summed E-state index contributed by atoms with van der Waals surface area (Å²) in [7, 11) is 1.67. The molecule has 0 amide bonds. The number of benzene rings is 1. The summed E-state index contributed by atoms with van der Waals surface area (Å²) >= 11 is 0. The first-order chi connectivity index (χ1) is 9.26. The molecular formula is C15H18N2O2. The van der Waals surface area contributed by atoms with Gasteiger partial charge in [0.2, 0.25) is 0 Å². The Balaban J connectivity index is 1.79. The Morgan fingerprint density at radius 3 is 2.84 bits per heavy atom. The summed E-state index contributed by atoms with van der Waals surface area (Å²) in [6, 6.07) is 8.02. The number of fused-ring (bicyclic) bond motifs is 1. The molecule has 2 heterocycles. The molecule has 1 atom stereocenters. The lowest BCUT2D eigenvalue weighted by molar-refractivity contribution is 0.0780. The van der Waals surface area contributed by atoms with Crippen LogP contribution >= 0.6 is 0 Å². The Hall–Kier alpha value is -1.81. The number of aryl methyl sites for hydroxylation is 1. The molecule has 19 heavy (non-hydrogen) atoms. The molecule has 0 saturated heterocycles. The first kappa shape index (κ1) is 12.2. The van der Waals surface area contributed by atoms with Crippen LogP contribution < -0.4 is 4.74 Å². The SMILES string of the molecule is COc1ccc(Cc2cn3c(n2)CCCC3O)cc1. The topological polar surface area (TPSA) is 47.3 Å². The lowest BCUT2D eigenvalue weighted by atomic mass is 10.1. The van der Waals surface area contributed by atoms with Gasteiger partial charge in [0.1, 0.15) is 17.8 Å². The quantitative estimate of drug-likeness (QED) is 0.919. The summed E-state index contributed by atoms with van der Waals surface area (Å²) in [5.74, 6) is 1.87. The van der Waals surface area contributed by atoms with Gasteiger partial charge in [-0.3, -0.25) is 0 Å². The molecule has 3 rings (SSSR count). The summed E-state index contributed by atoms with van der Waals surface area (Å²) < 4.78 is 7.05. The van der Waals surface area contributed by atoms with E-state index in [1.165, 1.54) is 5.56 Å². The fraction of sp³-hybridized carbons (Fsp3) is 0.400. The number of nitrogens with zero attached hydrogens (tertiary/aromatic N) is 2. The molecule has 1 aromatic carbocycles. The number of rotatable bonds is 3. The normalized spacial score (nSPS) is 18.1. The van der Waals surface area contributed by atoms with Gasteiger partial charge in [-0.1, -0.05) is 12.1 Å². The number of hydrogen-bond donors (Lipinski definition) is 1. The molecule has 0 spiro atoms. The molecule has 0 saturated carbocycles. The molecule has 0 bridgehead atoms. The molecule has 1 aliphatic rings. The van der Waals surface area contributed by atoms with Crippen LogP contribution in [-0.4, -0.2) is 21.8 Å². The first-order valence-electron chi connectivity index (χ1n) is 6.64. The van der Waals surface area contributed by atoms with Gasteiger partial charge in [0, 0.05) is 19.0 Å². The van der Waals surface area contributed by atoms with Gasteiger partial charge in [0.25, 0.3) is 0 Å². The number of ether oxygens (including phenoxy) is 1. The summed E-state index contributed by atoms with van der Waals surface area (Å²) in [6.45, 7) is 0. The minimum atomic E-state index is -0.402. The fourth-order valence-electron chi connectivity index (χ4n) is 2.55. The van der Waals surface area contributed by atoms with Crippen molar-refractivity contribution in [1.82, 2.24) is 9.55 Å². The van der Waals surface area contributed by atoms with Gasteiger partial charge < -0.3 is 14.4 Å². The van der Waals surface area contributed by atoms with E-state index in [4.69, 9.17) is 4.74 Å². The maximum Gasteiger partial charge on any atom is 0.131 e. The number of hydrogen-bond acceptors (Lipinski definition) is 3. The number of aliphatic hydroxyl groups excluding tert-OH is 1. The Bertz CT molecular complexity index is 560. The van der Waals surface area contributed by atoms with Crippen LogP contribution in [0.15, 0.2) is 30.5 Å². The fourth-order valence-corrected chi connectivity index (χ4v) is 2.55. The highest BCUT2D eigenvalue weighted by Gasteiger charge is 2.19. The van der Waals surface area contributed by atoms with Crippen LogP contribution in [0.2, 0.25) is 0 Å². The molecular weight excluding hydrogens is 240 g/mol. The summed E-state index contributed by atoms with van der Waals surface area (Å²) in [5, 5.41) is 9.92. The Morgan fingerprint density at radius 2 is 2.16 bits per heavy atom. The molecule has 1 N–H and O–H groups in total. The van der Waals surface area contributed by atoms with Crippen LogP contribution in [0.1, 0.15) is 36.2 Å². The van der Waals surface area contributed by atoms with Crippen molar-refractivity contribution in [1.29, 1.82) is 0 Å². The monoisotopic (exact) mass is 258 g/mol. The number of aliphatic hydroxyl groups is 1. The van der Waals surface area contributed by atoms with Crippen molar-refractivity contribution in [2.45, 2.75) is 31.9 Å². The zero-order valence-electron chi connectivity index (χ0n) is 11.0. The van der Waals surface area contributed by atoms with E-state index in [2.05, 4.69) is 4.98 Å². The van der Waals surface area contributed by atoms with Crippen LogP contribution in [0.5, 0.6) is 5.75 Å². The van der Waals surface area contributed by atoms with Gasteiger partial charge in [-0.05, 0) is 30.5 Å². The third-order valence-corrected chi connectivity index (χ3v) is 3.59. The molecule has 0 radical (unpaired) electrons. The maximum atomic E-state index is 9.92. The minimum absolute atomic E-state index is 0.402. The highest BCUT2D eigenvalue weighted by molar-refractivity contribution is 5.29. The summed E-state index contributed by atoms with van der Waals surface area (Å²) in [6.07, 6.45) is 5.16. The lowest BCUT2D eigenvalue weighted by Crippen LogP contribution is -2.16. The first-order valence-corrected chi connectivity index (χ1v) is 6.64. The summed E-state index contributed by atoms with van der Waals surface area (Å²) in [5.41, 5.74) is 2.21. The van der Waals surface area contributed by atoms with E-state index in [1.807, 2.05) is 35.0 Å². The number of imidazole rings is 1. The average molecular weight is 258 g/mol. The van der Waals surface area contributed by atoms with Crippen molar-refractivity contribution in [2.75, 3.05) is 7.11 Å². The molecule has 0 fully saturated rings. The smallest absolute Gasteiger partial charge is 0.131 e. The van der Waals surface area contributed by atoms with Crippen molar-refractivity contribution >= 4 is 0 Å². The maximum absolute atomic E-state index is 9.92. The van der Waals surface area contributed by atoms with Gasteiger partial charge in [0.05, 0.1) is 12.8 Å². The Morgan fingerprint density at radius 1 is 1.37 bits per heavy atom. The predicted octanol–water partition coefficient (Wildman–Crippen LogP) is 2.31. The van der Waals surface area contributed by atoms with Crippen LogP contribution in [0, 0.1) is 0 Å². The van der Waals surface area contributed by atoms with Crippen molar-refractivity contribution in [3.05, 3.63) is 47.5 Å². The van der Waals surface area contributed by atoms with Crippen molar-refractivity contribution in [3.63, 3.8) is 0 Å². The zero-order chi connectivity index (χ0) is 13.2. The molecule has 0 aliphatic carbocycles. The van der Waals surface area contributed by atoms with E-state index < -0.39 is 6.23 Å². The lowest BCUT2D eigenvalue weighted by Gasteiger charge is -2.19. The molecule has 1 aliphatic heterocycles. The van der Waals surface area contributed by atoms with Crippen molar-refractivity contribution < 1.29 is 9.84 Å². The average Bonchev–Trinajstić information content (AvgIpc) is 2.84. The Kier molecular flexibility index (Phi) is 3.25. The second kappa shape index (κ2) is 5.05. The van der Waals surface area contributed by atoms with E-state index >= 15 is 0 Å². The molecule has 1 unspecified atom stereocenters. The minimum Gasteiger partial charge on any atom is -0.497 e. The zero-order valence-corrected chi connectivity index (χ0v) is 11.0. The highest BCUT2D eigenvalue weighted by Crippen LogP contribution is 2.23. The van der Waals surface area contributed by atoms with E-state index in [0.29, 0.717) is 0 Å². The van der Waals surface area contributed by atoms with Crippen molar-refractivity contribution in [3.8, 4) is 5.75 Å². The van der Waals surface area contributed by atoms with Crippen LogP contribution in [0.4, 0.5) is 0 Å². The second-order valence-electron chi connectivity index (χ2n) is 4.95. The standard InChI is InChI=1S/C15H18N2O2/c1-19-13-7-5-11(6-8-13)9-12-10-17-14(16-12)3-2-4-15(17)18/h5-8,10,15,18H,2-4,9H2,1H3. The van der Waals surface area contributed by atoms with E-state index in [1.54, 1.807) is 7.11 Å². The van der Waals surface area contributed by atoms with Crippen LogP contribution in [0.3, 0.4) is 0 Å². The van der Waals surface area contributed by atoms with Gasteiger partial charge in [-0.15, -0.1) is 0 Å². The number of methoxy groups -OCH3 is 1. The van der Waals surface area contributed by atoms with Gasteiger partial charge >= 0.3 is 0 Å². The molecule has 100 valence electrons. The van der Waals surface area contributed by atoms with E-state index in [0.717, 1.165) is 43.0 Å². The van der Waals surface area contributed by atoms with E-state index in [9.17, 15) is 5.11 Å².